The second-order valence-corrected chi connectivity index (χ2v) is 7.01. The molecule has 2 fully saturated rings. The van der Waals surface area contributed by atoms with Crippen LogP contribution in [0.1, 0.15) is 23.2 Å². The number of rotatable bonds is 6. The number of primary amides is 1. The summed E-state index contributed by atoms with van der Waals surface area (Å²) < 4.78 is 16.7. The van der Waals surface area contributed by atoms with Gasteiger partial charge in [-0.05, 0) is 23.6 Å². The molecule has 27 heavy (non-hydrogen) atoms. The van der Waals surface area contributed by atoms with Gasteiger partial charge in [0.25, 0.3) is 5.91 Å². The highest BCUT2D eigenvalue weighted by molar-refractivity contribution is 6.01. The van der Waals surface area contributed by atoms with Crippen LogP contribution in [0.2, 0.25) is 0 Å². The van der Waals surface area contributed by atoms with Gasteiger partial charge < -0.3 is 25.3 Å². The van der Waals surface area contributed by atoms with Crippen LogP contribution in [0, 0.1) is 5.92 Å². The minimum Gasteiger partial charge on any atom is -0.496 e. The minimum atomic E-state index is -0.565. The van der Waals surface area contributed by atoms with Gasteiger partial charge in [-0.3, -0.25) is 9.59 Å². The summed E-state index contributed by atoms with van der Waals surface area (Å²) >= 11 is 0. The molecule has 1 aliphatic heterocycles. The van der Waals surface area contributed by atoms with Crippen LogP contribution in [0.3, 0.4) is 0 Å². The standard InChI is InChI=1S/C19H21N3O5/c1-25-9-11-6-16(23)22-19(11)8-15(19)27-18-12-7-14(26-2)13(17(20)24)5-10(12)3-4-21-18/h3-5,7,11,15H,6,8-9H2,1-2H3,(H2,20,24)(H,22,23)/t11-,15?,19?/m0/s1. The summed E-state index contributed by atoms with van der Waals surface area (Å²) in [7, 11) is 3.10. The summed E-state index contributed by atoms with van der Waals surface area (Å²) in [5.41, 5.74) is 5.33. The minimum absolute atomic E-state index is 0.0156. The number of hydrogen-bond acceptors (Lipinski definition) is 6. The Balaban J connectivity index is 1.65. The van der Waals surface area contributed by atoms with Crippen LogP contribution in [-0.4, -0.2) is 49.3 Å². The molecule has 3 atom stereocenters. The first-order valence-electron chi connectivity index (χ1n) is 8.71. The average molecular weight is 371 g/mol. The molecule has 1 aromatic heterocycles. The van der Waals surface area contributed by atoms with Gasteiger partial charge in [0.15, 0.2) is 0 Å². The van der Waals surface area contributed by atoms with Gasteiger partial charge in [-0.2, -0.15) is 0 Å². The van der Waals surface area contributed by atoms with E-state index in [1.165, 1.54) is 7.11 Å². The van der Waals surface area contributed by atoms with E-state index >= 15 is 0 Å². The predicted octanol–water partition coefficient (Wildman–Crippen LogP) is 1.01. The van der Waals surface area contributed by atoms with Gasteiger partial charge in [0, 0.05) is 37.5 Å². The lowest BCUT2D eigenvalue weighted by Gasteiger charge is -2.19. The number of carbonyl (C=O) groups excluding carboxylic acids is 2. The van der Waals surface area contributed by atoms with Gasteiger partial charge in [0.2, 0.25) is 11.8 Å². The maximum absolute atomic E-state index is 11.9. The van der Waals surface area contributed by atoms with Crippen LogP contribution < -0.4 is 20.5 Å². The summed E-state index contributed by atoms with van der Waals surface area (Å²) in [5, 5.41) is 4.53. The van der Waals surface area contributed by atoms with Gasteiger partial charge >= 0.3 is 0 Å². The van der Waals surface area contributed by atoms with Crippen molar-refractivity contribution in [1.82, 2.24) is 10.3 Å². The largest absolute Gasteiger partial charge is 0.496 e. The van der Waals surface area contributed by atoms with E-state index in [4.69, 9.17) is 19.9 Å². The maximum Gasteiger partial charge on any atom is 0.252 e. The van der Waals surface area contributed by atoms with Crippen LogP contribution in [0.5, 0.6) is 11.6 Å². The number of benzene rings is 1. The van der Waals surface area contributed by atoms with Gasteiger partial charge in [0.1, 0.15) is 11.9 Å². The molecule has 1 saturated heterocycles. The van der Waals surface area contributed by atoms with Crippen molar-refractivity contribution in [3.05, 3.63) is 30.0 Å². The number of fused-ring (bicyclic) bond motifs is 1. The molecule has 1 aromatic carbocycles. The van der Waals surface area contributed by atoms with Crippen molar-refractivity contribution in [1.29, 1.82) is 0 Å². The number of ether oxygens (including phenoxy) is 3. The van der Waals surface area contributed by atoms with Crippen molar-refractivity contribution in [2.24, 2.45) is 11.7 Å². The summed E-state index contributed by atoms with van der Waals surface area (Å²) in [6, 6.07) is 5.15. The number of nitrogens with two attached hydrogens (primary N) is 1. The smallest absolute Gasteiger partial charge is 0.252 e. The molecule has 142 valence electrons. The third-order valence-corrected chi connectivity index (χ3v) is 5.41. The van der Waals surface area contributed by atoms with E-state index in [-0.39, 0.29) is 17.9 Å². The molecule has 2 amide bonds. The molecule has 3 N–H and O–H groups in total. The molecule has 1 aliphatic carbocycles. The van der Waals surface area contributed by atoms with E-state index in [0.717, 1.165) is 5.39 Å². The number of amides is 2. The zero-order chi connectivity index (χ0) is 19.2. The summed E-state index contributed by atoms with van der Waals surface area (Å²) in [6.07, 6.45) is 2.58. The first-order valence-corrected chi connectivity index (χ1v) is 8.71. The van der Waals surface area contributed by atoms with E-state index in [1.807, 2.05) is 0 Å². The number of methoxy groups -OCH3 is 2. The number of hydrogen-bond donors (Lipinski definition) is 2. The van der Waals surface area contributed by atoms with Crippen LogP contribution in [0.4, 0.5) is 0 Å². The average Bonchev–Trinajstić information content (AvgIpc) is 3.22. The van der Waals surface area contributed by atoms with E-state index in [2.05, 4.69) is 10.3 Å². The van der Waals surface area contributed by atoms with Crippen LogP contribution in [-0.2, 0) is 9.53 Å². The van der Waals surface area contributed by atoms with Crippen molar-refractivity contribution in [3.8, 4) is 11.6 Å². The third kappa shape index (κ3) is 2.86. The van der Waals surface area contributed by atoms with Crippen molar-refractivity contribution in [3.63, 3.8) is 0 Å². The number of nitrogens with one attached hydrogen (secondary N) is 1. The third-order valence-electron chi connectivity index (χ3n) is 5.41. The Morgan fingerprint density at radius 2 is 2.22 bits per heavy atom. The Kier molecular flexibility index (Phi) is 4.15. The molecule has 4 rings (SSSR count). The molecule has 2 unspecified atom stereocenters. The van der Waals surface area contributed by atoms with Gasteiger partial charge in [0.05, 0.1) is 24.8 Å². The molecular formula is C19H21N3O5. The quantitative estimate of drug-likeness (QED) is 0.784. The van der Waals surface area contributed by atoms with E-state index in [0.29, 0.717) is 42.0 Å². The van der Waals surface area contributed by atoms with Crippen molar-refractivity contribution in [2.45, 2.75) is 24.5 Å². The highest BCUT2D eigenvalue weighted by atomic mass is 16.5. The molecule has 1 spiro atoms. The highest BCUT2D eigenvalue weighted by Crippen LogP contribution is 2.50. The maximum atomic E-state index is 11.9. The molecule has 0 radical (unpaired) electrons. The van der Waals surface area contributed by atoms with E-state index in [1.54, 1.807) is 31.5 Å². The van der Waals surface area contributed by atoms with Crippen LogP contribution in [0.25, 0.3) is 10.8 Å². The first kappa shape index (κ1) is 17.5. The molecule has 2 heterocycles. The SMILES string of the molecule is COC[C@@H]1CC(=O)NC12CC2Oc1nccc2cc(C(N)=O)c(OC)cc12. The highest BCUT2D eigenvalue weighted by Gasteiger charge is 2.65. The Morgan fingerprint density at radius 3 is 2.93 bits per heavy atom. The summed E-state index contributed by atoms with van der Waals surface area (Å²) in [6.45, 7) is 0.497. The lowest BCUT2D eigenvalue weighted by Crippen LogP contribution is -2.38. The van der Waals surface area contributed by atoms with Crippen LogP contribution in [0.15, 0.2) is 24.4 Å². The molecule has 2 aromatic rings. The Hall–Kier alpha value is -2.87. The molecular weight excluding hydrogens is 350 g/mol. The molecule has 0 bridgehead atoms. The number of nitrogens with zero attached hydrogens (tertiary/aromatic N) is 1. The van der Waals surface area contributed by atoms with Crippen molar-refractivity contribution < 1.29 is 23.8 Å². The van der Waals surface area contributed by atoms with Crippen LogP contribution >= 0.6 is 0 Å². The normalized spacial score (nSPS) is 26.2. The van der Waals surface area contributed by atoms with Crippen molar-refractivity contribution in [2.75, 3.05) is 20.8 Å². The zero-order valence-corrected chi connectivity index (χ0v) is 15.2. The topological polar surface area (TPSA) is 113 Å². The zero-order valence-electron chi connectivity index (χ0n) is 15.2. The monoisotopic (exact) mass is 371 g/mol. The Bertz CT molecular complexity index is 931. The lowest BCUT2D eigenvalue weighted by molar-refractivity contribution is -0.119. The van der Waals surface area contributed by atoms with E-state index in [9.17, 15) is 9.59 Å². The van der Waals surface area contributed by atoms with Gasteiger partial charge in [-0.1, -0.05) is 0 Å². The van der Waals surface area contributed by atoms with Gasteiger partial charge in [-0.25, -0.2) is 4.98 Å². The summed E-state index contributed by atoms with van der Waals surface area (Å²) in [4.78, 5) is 27.9. The lowest BCUT2D eigenvalue weighted by atomic mass is 9.99. The second kappa shape index (κ2) is 6.38. The van der Waals surface area contributed by atoms with E-state index < -0.39 is 11.4 Å². The Morgan fingerprint density at radius 1 is 1.41 bits per heavy atom. The number of pyridine rings is 1. The number of carbonyl (C=O) groups is 2. The Labute approximate surface area is 156 Å². The fourth-order valence-electron chi connectivity index (χ4n) is 3.95. The molecule has 8 heteroatoms. The number of aromatic nitrogens is 1. The summed E-state index contributed by atoms with van der Waals surface area (Å²) in [5.74, 6) is 0.323. The van der Waals surface area contributed by atoms with Gasteiger partial charge in [-0.15, -0.1) is 0 Å². The fourth-order valence-corrected chi connectivity index (χ4v) is 3.95. The predicted molar refractivity (Wildman–Crippen MR) is 96.7 cm³/mol. The molecule has 1 saturated carbocycles. The first-order chi connectivity index (χ1) is 13.0. The van der Waals surface area contributed by atoms with Crippen molar-refractivity contribution >= 4 is 22.6 Å². The molecule has 8 nitrogen and oxygen atoms in total. The molecule has 2 aliphatic rings. The fraction of sp³-hybridized carbons (Fsp3) is 0.421. The second-order valence-electron chi connectivity index (χ2n) is 7.01.